The van der Waals surface area contributed by atoms with E-state index in [2.05, 4.69) is 43.0 Å². The van der Waals surface area contributed by atoms with Crippen molar-refractivity contribution in [3.8, 4) is 5.75 Å². The minimum Gasteiger partial charge on any atom is -0.497 e. The number of anilines is 1. The molecule has 0 atom stereocenters. The molecule has 0 aliphatic carbocycles. The van der Waals surface area contributed by atoms with E-state index in [9.17, 15) is 4.79 Å². The number of nitrogens with zero attached hydrogens (tertiary/aromatic N) is 3. The first kappa shape index (κ1) is 25.9. The summed E-state index contributed by atoms with van der Waals surface area (Å²) in [6.45, 7) is 9.40. The van der Waals surface area contributed by atoms with Crippen molar-refractivity contribution in [1.29, 1.82) is 0 Å². The van der Waals surface area contributed by atoms with Crippen molar-refractivity contribution in [3.05, 3.63) is 47.5 Å². The van der Waals surface area contributed by atoms with Gasteiger partial charge in [-0.25, -0.2) is 4.98 Å². The Morgan fingerprint density at radius 2 is 1.86 bits per heavy atom. The van der Waals surface area contributed by atoms with E-state index in [1.54, 1.807) is 30.2 Å². The third-order valence-electron chi connectivity index (χ3n) is 6.29. The van der Waals surface area contributed by atoms with Gasteiger partial charge >= 0.3 is 0 Å². The van der Waals surface area contributed by atoms with E-state index in [1.807, 2.05) is 17.0 Å². The van der Waals surface area contributed by atoms with Crippen molar-refractivity contribution in [3.63, 3.8) is 0 Å². The third kappa shape index (κ3) is 6.97. The second kappa shape index (κ2) is 12.7. The van der Waals surface area contributed by atoms with Crippen molar-refractivity contribution < 1.29 is 14.3 Å². The normalized spacial score (nSPS) is 14.4. The molecule has 4 rings (SSSR count). The minimum absolute atomic E-state index is 0.164. The van der Waals surface area contributed by atoms with Crippen molar-refractivity contribution in [2.24, 2.45) is 0 Å². The van der Waals surface area contributed by atoms with Crippen molar-refractivity contribution >= 4 is 44.4 Å². The number of aryl methyl sites for hydroxylation is 2. The Kier molecular flexibility index (Phi) is 9.43. The molecule has 2 aromatic carbocycles. The van der Waals surface area contributed by atoms with E-state index >= 15 is 0 Å². The fourth-order valence-electron chi connectivity index (χ4n) is 4.19. The van der Waals surface area contributed by atoms with Gasteiger partial charge in [0.25, 0.3) is 0 Å². The Hall–Kier alpha value is -2.13. The average Bonchev–Trinajstić information content (AvgIpc) is 3.34. The maximum absolute atomic E-state index is 13.4. The van der Waals surface area contributed by atoms with Gasteiger partial charge in [-0.2, -0.15) is 0 Å². The predicted molar refractivity (Wildman–Crippen MR) is 146 cm³/mol. The summed E-state index contributed by atoms with van der Waals surface area (Å²) in [6, 6.07) is 12.3. The number of thioether (sulfide) groups is 1. The molecule has 1 saturated heterocycles. The maximum atomic E-state index is 13.4. The Labute approximate surface area is 216 Å². The third-order valence-corrected chi connectivity index (χ3v) is 8.60. The van der Waals surface area contributed by atoms with Gasteiger partial charge in [-0.05, 0) is 67.8 Å². The van der Waals surface area contributed by atoms with E-state index in [-0.39, 0.29) is 5.91 Å². The zero-order chi connectivity index (χ0) is 24.6. The van der Waals surface area contributed by atoms with Crippen LogP contribution in [0, 0.1) is 13.8 Å². The largest absolute Gasteiger partial charge is 0.497 e. The summed E-state index contributed by atoms with van der Waals surface area (Å²) in [5.41, 5.74) is 3.39. The van der Waals surface area contributed by atoms with Crippen molar-refractivity contribution in [2.45, 2.75) is 38.0 Å². The van der Waals surface area contributed by atoms with E-state index in [0.717, 1.165) is 73.4 Å². The van der Waals surface area contributed by atoms with E-state index in [4.69, 9.17) is 14.5 Å². The number of carbonyl (C=O) groups excluding carboxylic acids is 1. The van der Waals surface area contributed by atoms with Gasteiger partial charge in [0.05, 0.1) is 30.5 Å². The number of methoxy groups -OCH3 is 1. The number of benzene rings is 2. The van der Waals surface area contributed by atoms with Crippen LogP contribution in [0.1, 0.15) is 30.4 Å². The minimum atomic E-state index is 0.164. The Morgan fingerprint density at radius 1 is 1.11 bits per heavy atom. The second-order valence-corrected chi connectivity index (χ2v) is 11.0. The van der Waals surface area contributed by atoms with Crippen LogP contribution in [0.2, 0.25) is 0 Å². The molecule has 1 fully saturated rings. The van der Waals surface area contributed by atoms with Gasteiger partial charge in [0.15, 0.2) is 5.13 Å². The molecule has 1 aliphatic heterocycles. The number of morpholine rings is 1. The van der Waals surface area contributed by atoms with E-state index < -0.39 is 0 Å². The van der Waals surface area contributed by atoms with Gasteiger partial charge < -0.3 is 9.47 Å². The molecule has 35 heavy (non-hydrogen) atoms. The van der Waals surface area contributed by atoms with Gasteiger partial charge in [-0.1, -0.05) is 23.5 Å². The van der Waals surface area contributed by atoms with Crippen LogP contribution in [0.3, 0.4) is 0 Å². The highest BCUT2D eigenvalue weighted by atomic mass is 32.2. The molecule has 0 saturated carbocycles. The monoisotopic (exact) mass is 513 g/mol. The number of ether oxygens (including phenoxy) is 2. The number of carbonyl (C=O) groups is 1. The molecule has 2 heterocycles. The average molecular weight is 514 g/mol. The molecule has 8 heteroatoms. The fraction of sp³-hybridized carbons (Fsp3) is 0.481. The fourth-order valence-corrected chi connectivity index (χ4v) is 6.20. The highest BCUT2D eigenvalue weighted by molar-refractivity contribution is 7.99. The van der Waals surface area contributed by atoms with Crippen molar-refractivity contribution in [1.82, 2.24) is 9.88 Å². The maximum Gasteiger partial charge on any atom is 0.228 e. The van der Waals surface area contributed by atoms with Crippen LogP contribution < -0.4 is 9.64 Å². The number of rotatable bonds is 11. The predicted octanol–water partition coefficient (Wildman–Crippen LogP) is 5.55. The lowest BCUT2D eigenvalue weighted by Crippen LogP contribution is -2.39. The first-order valence-electron chi connectivity index (χ1n) is 12.3. The Bertz CT molecular complexity index is 1070. The summed E-state index contributed by atoms with van der Waals surface area (Å²) in [5, 5.41) is 0.826. The molecule has 0 radical (unpaired) electrons. The van der Waals surface area contributed by atoms with Gasteiger partial charge in [0.1, 0.15) is 5.75 Å². The summed E-state index contributed by atoms with van der Waals surface area (Å²) in [5.74, 6) is 1.92. The molecule has 3 aromatic rings. The highest BCUT2D eigenvalue weighted by Crippen LogP contribution is 2.33. The topological polar surface area (TPSA) is 54.9 Å². The molecule has 1 amide bonds. The molecule has 0 N–H and O–H groups in total. The van der Waals surface area contributed by atoms with Crippen LogP contribution in [-0.4, -0.2) is 68.0 Å². The number of amides is 1. The highest BCUT2D eigenvalue weighted by Gasteiger charge is 2.21. The zero-order valence-electron chi connectivity index (χ0n) is 20.9. The summed E-state index contributed by atoms with van der Waals surface area (Å²) >= 11 is 3.42. The number of aromatic nitrogens is 1. The zero-order valence-corrected chi connectivity index (χ0v) is 22.6. The first-order chi connectivity index (χ1) is 17.0. The van der Waals surface area contributed by atoms with Crippen LogP contribution >= 0.6 is 23.1 Å². The molecule has 0 unspecified atom stereocenters. The van der Waals surface area contributed by atoms with Gasteiger partial charge in [0.2, 0.25) is 5.91 Å². The Morgan fingerprint density at radius 3 is 2.57 bits per heavy atom. The van der Waals surface area contributed by atoms with Gasteiger partial charge in [0, 0.05) is 37.5 Å². The lowest BCUT2D eigenvalue weighted by molar-refractivity contribution is -0.118. The lowest BCUT2D eigenvalue weighted by atomic mass is 10.1. The molecule has 6 nitrogen and oxygen atoms in total. The quantitative estimate of drug-likeness (QED) is 0.248. The molecule has 0 spiro atoms. The van der Waals surface area contributed by atoms with E-state index in [0.29, 0.717) is 13.0 Å². The number of hydrogen-bond acceptors (Lipinski definition) is 7. The second-order valence-electron chi connectivity index (χ2n) is 8.85. The standard InChI is InChI=1S/C27H35N3O3S2/c1-20-7-8-21(2)26-25(20)28-27(35-26)30(14-5-13-29-15-17-33-18-16-29)24(31)6-4-19-34-23-11-9-22(32-3)10-12-23/h7-12H,4-6,13-19H2,1-3H3. The molecule has 1 aliphatic rings. The van der Waals surface area contributed by atoms with Crippen LogP contribution in [-0.2, 0) is 9.53 Å². The number of fused-ring (bicyclic) bond motifs is 1. The molecular weight excluding hydrogens is 478 g/mol. The smallest absolute Gasteiger partial charge is 0.228 e. The summed E-state index contributed by atoms with van der Waals surface area (Å²) in [6.07, 6.45) is 2.28. The number of hydrogen-bond donors (Lipinski definition) is 0. The van der Waals surface area contributed by atoms with Gasteiger partial charge in [-0.15, -0.1) is 11.8 Å². The first-order valence-corrected chi connectivity index (χ1v) is 14.1. The van der Waals surface area contributed by atoms with Crippen LogP contribution in [0.4, 0.5) is 5.13 Å². The van der Waals surface area contributed by atoms with Crippen LogP contribution in [0.15, 0.2) is 41.3 Å². The SMILES string of the molecule is COc1ccc(SCCCC(=O)N(CCCN2CCOCC2)c2nc3c(C)ccc(C)c3s2)cc1. The molecule has 0 bridgehead atoms. The van der Waals surface area contributed by atoms with Gasteiger partial charge in [-0.3, -0.25) is 14.6 Å². The summed E-state index contributed by atoms with van der Waals surface area (Å²) in [4.78, 5) is 23.9. The molecule has 1 aromatic heterocycles. The molecular formula is C27H35N3O3S2. The van der Waals surface area contributed by atoms with Crippen LogP contribution in [0.25, 0.3) is 10.2 Å². The summed E-state index contributed by atoms with van der Waals surface area (Å²) in [7, 11) is 1.68. The number of thiazole rings is 1. The van der Waals surface area contributed by atoms with Crippen molar-refractivity contribution in [2.75, 3.05) is 57.2 Å². The summed E-state index contributed by atoms with van der Waals surface area (Å²) < 4.78 is 11.9. The van der Waals surface area contributed by atoms with Crippen LogP contribution in [0.5, 0.6) is 5.75 Å². The molecule has 188 valence electrons. The van der Waals surface area contributed by atoms with E-state index in [1.165, 1.54) is 15.2 Å². The lowest BCUT2D eigenvalue weighted by Gasteiger charge is -2.27. The Balaban J connectivity index is 1.39.